The highest BCUT2D eigenvalue weighted by atomic mass is 19.4. The predicted octanol–water partition coefficient (Wildman–Crippen LogP) is 4.24. The normalized spacial score (nSPS) is 11.5. The Morgan fingerprint density at radius 3 is 2.44 bits per heavy atom. The molecular formula is C20H17F3N2O2. The van der Waals surface area contributed by atoms with Crippen LogP contribution in [0.4, 0.5) is 13.2 Å². The maximum absolute atomic E-state index is 12.4. The molecule has 0 aliphatic carbocycles. The first-order valence-electron chi connectivity index (χ1n) is 8.27. The molecule has 0 fully saturated rings. The number of fused-ring (bicyclic) bond motifs is 1. The summed E-state index contributed by atoms with van der Waals surface area (Å²) < 4.78 is 40.8. The van der Waals surface area contributed by atoms with Crippen molar-refractivity contribution in [3.05, 3.63) is 77.6 Å². The number of aromatic nitrogens is 1. The van der Waals surface area contributed by atoms with Crippen LogP contribution in [0.2, 0.25) is 0 Å². The molecule has 4 nitrogen and oxygen atoms in total. The van der Waals surface area contributed by atoms with Crippen molar-refractivity contribution in [2.24, 2.45) is 0 Å². The maximum Gasteiger partial charge on any atom is 0.411 e. The lowest BCUT2D eigenvalue weighted by Crippen LogP contribution is -2.24. The Morgan fingerprint density at radius 1 is 1.00 bits per heavy atom. The van der Waals surface area contributed by atoms with Gasteiger partial charge in [-0.2, -0.15) is 13.2 Å². The molecule has 140 valence electrons. The summed E-state index contributed by atoms with van der Waals surface area (Å²) >= 11 is 0. The molecule has 7 heteroatoms. The highest BCUT2D eigenvalue weighted by Crippen LogP contribution is 2.17. The first-order valence-corrected chi connectivity index (χ1v) is 8.27. The van der Waals surface area contributed by atoms with E-state index in [-0.39, 0.29) is 19.1 Å². The van der Waals surface area contributed by atoms with E-state index in [1.807, 2.05) is 30.3 Å². The summed E-state index contributed by atoms with van der Waals surface area (Å²) in [5.74, 6) is -0.288. The summed E-state index contributed by atoms with van der Waals surface area (Å²) in [6, 6.07) is 16.2. The molecule has 2 aromatic carbocycles. The number of carbonyl (C=O) groups excluding carboxylic acids is 1. The van der Waals surface area contributed by atoms with Crippen molar-refractivity contribution in [3.63, 3.8) is 0 Å². The molecule has 0 saturated heterocycles. The van der Waals surface area contributed by atoms with E-state index in [0.717, 1.165) is 16.3 Å². The SMILES string of the molecule is O=C(NCc1ccc(COCC(F)(F)F)cc1)c1nccc2ccccc12. The molecule has 0 spiro atoms. The average molecular weight is 374 g/mol. The number of nitrogens with zero attached hydrogens (tertiary/aromatic N) is 1. The van der Waals surface area contributed by atoms with Gasteiger partial charge in [-0.1, -0.05) is 48.5 Å². The minimum absolute atomic E-state index is 0.119. The van der Waals surface area contributed by atoms with Gasteiger partial charge >= 0.3 is 6.18 Å². The fourth-order valence-corrected chi connectivity index (χ4v) is 2.60. The quantitative estimate of drug-likeness (QED) is 0.702. The van der Waals surface area contributed by atoms with Crippen LogP contribution >= 0.6 is 0 Å². The zero-order valence-electron chi connectivity index (χ0n) is 14.3. The van der Waals surface area contributed by atoms with E-state index < -0.39 is 12.8 Å². The van der Waals surface area contributed by atoms with Crippen molar-refractivity contribution in [1.29, 1.82) is 0 Å². The van der Waals surface area contributed by atoms with Crippen LogP contribution < -0.4 is 5.32 Å². The van der Waals surface area contributed by atoms with Gasteiger partial charge in [0.2, 0.25) is 0 Å². The Kier molecular flexibility index (Phi) is 5.71. The Bertz CT molecular complexity index is 919. The zero-order chi connectivity index (χ0) is 19.3. The maximum atomic E-state index is 12.4. The topological polar surface area (TPSA) is 51.2 Å². The van der Waals surface area contributed by atoms with Gasteiger partial charge in [0.1, 0.15) is 12.3 Å². The summed E-state index contributed by atoms with van der Waals surface area (Å²) in [4.78, 5) is 16.6. The zero-order valence-corrected chi connectivity index (χ0v) is 14.3. The second-order valence-corrected chi connectivity index (χ2v) is 5.99. The van der Waals surface area contributed by atoms with Gasteiger partial charge in [-0.15, -0.1) is 0 Å². The second-order valence-electron chi connectivity index (χ2n) is 5.99. The standard InChI is InChI=1S/C20H17F3N2O2/c21-20(22,23)13-27-12-15-7-5-14(6-8-15)11-25-19(26)18-17-4-2-1-3-16(17)9-10-24-18/h1-10H,11-13H2,(H,25,26). The Labute approximate surface area is 154 Å². The van der Waals surface area contributed by atoms with Crippen LogP contribution in [0.15, 0.2) is 60.8 Å². The van der Waals surface area contributed by atoms with E-state index in [1.165, 1.54) is 0 Å². The Hall–Kier alpha value is -2.93. The van der Waals surface area contributed by atoms with E-state index >= 15 is 0 Å². The summed E-state index contributed by atoms with van der Waals surface area (Å²) in [5, 5.41) is 4.51. The van der Waals surface area contributed by atoms with Crippen molar-refractivity contribution in [2.75, 3.05) is 6.61 Å². The number of benzene rings is 2. The Balaban J connectivity index is 1.57. The molecule has 0 radical (unpaired) electrons. The molecule has 0 aliphatic rings. The monoisotopic (exact) mass is 374 g/mol. The smallest absolute Gasteiger partial charge is 0.367 e. The van der Waals surface area contributed by atoms with Crippen molar-refractivity contribution >= 4 is 16.7 Å². The van der Waals surface area contributed by atoms with Gasteiger partial charge in [-0.05, 0) is 22.6 Å². The van der Waals surface area contributed by atoms with E-state index in [9.17, 15) is 18.0 Å². The molecule has 1 N–H and O–H groups in total. The summed E-state index contributed by atoms with van der Waals surface area (Å²) in [5.41, 5.74) is 1.80. The molecule has 0 atom stereocenters. The lowest BCUT2D eigenvalue weighted by molar-refractivity contribution is -0.176. The van der Waals surface area contributed by atoms with Crippen LogP contribution in [0.25, 0.3) is 10.8 Å². The van der Waals surface area contributed by atoms with Crippen LogP contribution in [0.1, 0.15) is 21.6 Å². The van der Waals surface area contributed by atoms with Gasteiger partial charge in [0.25, 0.3) is 5.91 Å². The second kappa shape index (κ2) is 8.18. The molecule has 0 saturated carbocycles. The van der Waals surface area contributed by atoms with Crippen molar-refractivity contribution in [1.82, 2.24) is 10.3 Å². The molecule has 0 aliphatic heterocycles. The molecular weight excluding hydrogens is 357 g/mol. The molecule has 0 bridgehead atoms. The summed E-state index contributed by atoms with van der Waals surface area (Å²) in [6.07, 6.45) is -2.74. The van der Waals surface area contributed by atoms with E-state index in [2.05, 4.69) is 15.0 Å². The van der Waals surface area contributed by atoms with Crippen LogP contribution in [0.5, 0.6) is 0 Å². The molecule has 1 amide bonds. The fourth-order valence-electron chi connectivity index (χ4n) is 2.60. The highest BCUT2D eigenvalue weighted by molar-refractivity contribution is 6.05. The predicted molar refractivity (Wildman–Crippen MR) is 95.1 cm³/mol. The number of ether oxygens (including phenoxy) is 1. The number of halogens is 3. The van der Waals surface area contributed by atoms with E-state index in [1.54, 1.807) is 30.5 Å². The van der Waals surface area contributed by atoms with Crippen LogP contribution in [-0.4, -0.2) is 23.7 Å². The largest absolute Gasteiger partial charge is 0.411 e. The third-order valence-corrected chi connectivity index (χ3v) is 3.90. The third kappa shape index (κ3) is 5.27. The number of carbonyl (C=O) groups is 1. The van der Waals surface area contributed by atoms with Gasteiger partial charge in [0.15, 0.2) is 0 Å². The third-order valence-electron chi connectivity index (χ3n) is 3.90. The van der Waals surface area contributed by atoms with Gasteiger partial charge in [-0.3, -0.25) is 9.78 Å². The molecule has 3 aromatic rings. The first-order chi connectivity index (χ1) is 12.9. The van der Waals surface area contributed by atoms with Gasteiger partial charge < -0.3 is 10.1 Å². The number of pyridine rings is 1. The summed E-state index contributed by atoms with van der Waals surface area (Å²) in [7, 11) is 0. The van der Waals surface area contributed by atoms with Crippen LogP contribution in [0.3, 0.4) is 0 Å². The fraction of sp³-hybridized carbons (Fsp3) is 0.200. The highest BCUT2D eigenvalue weighted by Gasteiger charge is 2.27. The van der Waals surface area contributed by atoms with Gasteiger partial charge in [0.05, 0.1) is 6.61 Å². The summed E-state index contributed by atoms with van der Waals surface area (Å²) in [6.45, 7) is -1.11. The molecule has 3 rings (SSSR count). The molecule has 0 unspecified atom stereocenters. The van der Waals surface area contributed by atoms with E-state index in [4.69, 9.17) is 0 Å². The average Bonchev–Trinajstić information content (AvgIpc) is 2.65. The molecule has 1 heterocycles. The Morgan fingerprint density at radius 2 is 1.70 bits per heavy atom. The number of nitrogens with one attached hydrogen (secondary N) is 1. The minimum atomic E-state index is -4.33. The van der Waals surface area contributed by atoms with Gasteiger partial charge in [-0.25, -0.2) is 0 Å². The first kappa shape index (κ1) is 18.8. The van der Waals surface area contributed by atoms with Crippen LogP contribution in [0, 0.1) is 0 Å². The van der Waals surface area contributed by atoms with Crippen molar-refractivity contribution in [3.8, 4) is 0 Å². The van der Waals surface area contributed by atoms with Gasteiger partial charge in [0, 0.05) is 18.1 Å². The minimum Gasteiger partial charge on any atom is -0.367 e. The number of hydrogen-bond acceptors (Lipinski definition) is 3. The van der Waals surface area contributed by atoms with Crippen molar-refractivity contribution < 1.29 is 22.7 Å². The number of alkyl halides is 3. The van der Waals surface area contributed by atoms with E-state index in [0.29, 0.717) is 11.3 Å². The molecule has 27 heavy (non-hydrogen) atoms. The molecule has 1 aromatic heterocycles. The number of amides is 1. The lowest BCUT2D eigenvalue weighted by Gasteiger charge is -2.09. The van der Waals surface area contributed by atoms with Crippen molar-refractivity contribution in [2.45, 2.75) is 19.3 Å². The number of hydrogen-bond donors (Lipinski definition) is 1. The number of rotatable bonds is 6. The lowest BCUT2D eigenvalue weighted by atomic mass is 10.1. The van der Waals surface area contributed by atoms with Crippen LogP contribution in [-0.2, 0) is 17.9 Å².